The first-order valence-corrected chi connectivity index (χ1v) is 13.9. The molecule has 0 aromatic heterocycles. The van der Waals surface area contributed by atoms with E-state index in [1.807, 2.05) is 12.1 Å². The predicted octanol–water partition coefficient (Wildman–Crippen LogP) is 9.38. The van der Waals surface area contributed by atoms with E-state index >= 15 is 0 Å². The average molecular weight is 440 g/mol. The van der Waals surface area contributed by atoms with Crippen LogP contribution < -0.4 is 0 Å². The van der Waals surface area contributed by atoms with E-state index in [1.165, 1.54) is 109 Å². The molecule has 1 atom stereocenters. The van der Waals surface area contributed by atoms with Crippen LogP contribution >= 0.6 is 0 Å². The summed E-state index contributed by atoms with van der Waals surface area (Å²) in [6.45, 7) is 2.29. The van der Waals surface area contributed by atoms with Gasteiger partial charge in [0, 0.05) is 0 Å². The Morgan fingerprint density at radius 3 is 2.25 bits per heavy atom. The van der Waals surface area contributed by atoms with Gasteiger partial charge in [-0.25, -0.2) is 4.39 Å². The van der Waals surface area contributed by atoms with E-state index in [1.54, 1.807) is 12.1 Å². The van der Waals surface area contributed by atoms with Gasteiger partial charge in [-0.2, -0.15) is 5.26 Å². The van der Waals surface area contributed by atoms with Crippen LogP contribution in [0, 0.1) is 40.8 Å². The summed E-state index contributed by atoms with van der Waals surface area (Å²) in [5.74, 6) is 3.04. The predicted molar refractivity (Wildman–Crippen MR) is 133 cm³/mol. The molecular weight excluding hydrogens is 393 g/mol. The van der Waals surface area contributed by atoms with E-state index in [-0.39, 0.29) is 11.4 Å². The third kappa shape index (κ3) is 8.20. The van der Waals surface area contributed by atoms with Crippen LogP contribution in [0.1, 0.15) is 127 Å². The topological polar surface area (TPSA) is 23.8 Å². The number of rotatable bonds is 12. The van der Waals surface area contributed by atoms with Crippen molar-refractivity contribution in [3.8, 4) is 6.07 Å². The molecule has 1 aromatic carbocycles. The molecule has 2 saturated carbocycles. The minimum atomic E-state index is -0.347. The molecule has 0 aliphatic heterocycles. The van der Waals surface area contributed by atoms with E-state index in [9.17, 15) is 4.39 Å². The van der Waals surface area contributed by atoms with Crippen LogP contribution in [-0.2, 0) is 6.42 Å². The third-order valence-electron chi connectivity index (χ3n) is 8.60. The molecule has 178 valence electrons. The lowest BCUT2D eigenvalue weighted by atomic mass is 9.72. The smallest absolute Gasteiger partial charge is 0.141 e. The van der Waals surface area contributed by atoms with Crippen molar-refractivity contribution in [1.29, 1.82) is 5.26 Å². The molecule has 2 aliphatic rings. The highest BCUT2D eigenvalue weighted by Crippen LogP contribution is 2.39. The summed E-state index contributed by atoms with van der Waals surface area (Å²) >= 11 is 0. The van der Waals surface area contributed by atoms with Gasteiger partial charge in [-0.05, 0) is 54.2 Å². The van der Waals surface area contributed by atoms with E-state index < -0.39 is 0 Å². The fraction of sp³-hybridized carbons (Fsp3) is 0.767. The number of nitrogens with zero attached hydrogens (tertiary/aromatic N) is 1. The standard InChI is InChI=1S/C30H46FN/c1-2-3-4-5-7-10-24-13-15-25(16-14-24)17-19-28(27-11-8-6-9-12-27)21-26-18-20-29(23-32)30(31)22-26/h18,20,22,24-25,27-28H,2-17,19,21H2,1H3. The summed E-state index contributed by atoms with van der Waals surface area (Å²) in [4.78, 5) is 0. The zero-order valence-electron chi connectivity index (χ0n) is 20.6. The summed E-state index contributed by atoms with van der Waals surface area (Å²) in [6, 6.07) is 7.24. The Morgan fingerprint density at radius 2 is 1.59 bits per heavy atom. The first kappa shape index (κ1) is 25.3. The van der Waals surface area contributed by atoms with Gasteiger partial charge in [-0.15, -0.1) is 0 Å². The number of benzene rings is 1. The molecule has 1 aromatic rings. The van der Waals surface area contributed by atoms with E-state index in [0.29, 0.717) is 5.92 Å². The minimum Gasteiger partial charge on any atom is -0.206 e. The number of hydrogen-bond acceptors (Lipinski definition) is 1. The summed E-state index contributed by atoms with van der Waals surface area (Å²) in [5.41, 5.74) is 1.26. The second-order valence-corrected chi connectivity index (χ2v) is 11.0. The molecule has 0 heterocycles. The van der Waals surface area contributed by atoms with Gasteiger partial charge >= 0.3 is 0 Å². The molecule has 0 amide bonds. The van der Waals surface area contributed by atoms with Crippen LogP contribution in [0.15, 0.2) is 18.2 Å². The molecule has 1 nitrogen and oxygen atoms in total. The van der Waals surface area contributed by atoms with Crippen LogP contribution in [-0.4, -0.2) is 0 Å². The lowest BCUT2D eigenvalue weighted by Crippen LogP contribution is -2.22. The Morgan fingerprint density at radius 1 is 0.906 bits per heavy atom. The molecule has 0 N–H and O–H groups in total. The molecule has 0 bridgehead atoms. The molecule has 0 spiro atoms. The lowest BCUT2D eigenvalue weighted by Gasteiger charge is -2.33. The average Bonchev–Trinajstić information content (AvgIpc) is 2.83. The maximum absolute atomic E-state index is 14.2. The molecule has 32 heavy (non-hydrogen) atoms. The molecular formula is C30H46FN. The van der Waals surface area contributed by atoms with Crippen molar-refractivity contribution in [3.05, 3.63) is 35.1 Å². The fourth-order valence-electron chi connectivity index (χ4n) is 6.48. The lowest BCUT2D eigenvalue weighted by molar-refractivity contribution is 0.196. The Labute approximate surface area is 197 Å². The van der Waals surface area contributed by atoms with Crippen molar-refractivity contribution in [2.24, 2.45) is 23.7 Å². The van der Waals surface area contributed by atoms with Crippen molar-refractivity contribution in [2.75, 3.05) is 0 Å². The number of halogens is 1. The Kier molecular flexibility index (Phi) is 11.1. The van der Waals surface area contributed by atoms with Crippen LogP contribution in [0.3, 0.4) is 0 Å². The third-order valence-corrected chi connectivity index (χ3v) is 8.60. The molecule has 1 unspecified atom stereocenters. The molecule has 0 saturated heterocycles. The van der Waals surface area contributed by atoms with Gasteiger partial charge in [0.05, 0.1) is 5.56 Å². The van der Waals surface area contributed by atoms with Gasteiger partial charge in [0.1, 0.15) is 11.9 Å². The van der Waals surface area contributed by atoms with Crippen molar-refractivity contribution in [3.63, 3.8) is 0 Å². The summed E-state index contributed by atoms with van der Waals surface area (Å²) in [5, 5.41) is 9.03. The maximum atomic E-state index is 14.2. The monoisotopic (exact) mass is 439 g/mol. The van der Waals surface area contributed by atoms with E-state index in [0.717, 1.165) is 29.7 Å². The van der Waals surface area contributed by atoms with Crippen molar-refractivity contribution < 1.29 is 4.39 Å². The van der Waals surface area contributed by atoms with E-state index in [2.05, 4.69) is 6.92 Å². The number of nitriles is 1. The van der Waals surface area contributed by atoms with Crippen LogP contribution in [0.25, 0.3) is 0 Å². The summed E-state index contributed by atoms with van der Waals surface area (Å²) in [6.07, 6.45) is 24.8. The Bertz CT molecular complexity index is 691. The first-order chi connectivity index (χ1) is 15.7. The van der Waals surface area contributed by atoms with Gasteiger partial charge in [0.2, 0.25) is 0 Å². The fourth-order valence-corrected chi connectivity index (χ4v) is 6.48. The second kappa shape index (κ2) is 14.0. The van der Waals surface area contributed by atoms with Crippen molar-refractivity contribution >= 4 is 0 Å². The van der Waals surface area contributed by atoms with E-state index in [4.69, 9.17) is 5.26 Å². The summed E-state index contributed by atoms with van der Waals surface area (Å²) < 4.78 is 14.2. The second-order valence-electron chi connectivity index (χ2n) is 11.0. The quantitative estimate of drug-likeness (QED) is 0.297. The largest absolute Gasteiger partial charge is 0.206 e. The van der Waals surface area contributed by atoms with Gasteiger partial charge in [-0.1, -0.05) is 116 Å². The van der Waals surface area contributed by atoms with Crippen LogP contribution in [0.5, 0.6) is 0 Å². The highest BCUT2D eigenvalue weighted by molar-refractivity contribution is 5.33. The number of hydrogen-bond donors (Lipinski definition) is 0. The zero-order valence-corrected chi connectivity index (χ0v) is 20.6. The van der Waals surface area contributed by atoms with Gasteiger partial charge in [0.25, 0.3) is 0 Å². The molecule has 2 heteroatoms. The summed E-state index contributed by atoms with van der Waals surface area (Å²) in [7, 11) is 0. The first-order valence-electron chi connectivity index (χ1n) is 13.9. The maximum Gasteiger partial charge on any atom is 0.141 e. The Balaban J connectivity index is 1.46. The van der Waals surface area contributed by atoms with Crippen molar-refractivity contribution in [2.45, 2.75) is 122 Å². The number of unbranched alkanes of at least 4 members (excludes halogenated alkanes) is 4. The molecule has 2 aliphatic carbocycles. The normalized spacial score (nSPS) is 23.0. The molecule has 0 radical (unpaired) electrons. The van der Waals surface area contributed by atoms with Gasteiger partial charge < -0.3 is 0 Å². The highest BCUT2D eigenvalue weighted by Gasteiger charge is 2.27. The molecule has 3 rings (SSSR count). The Hall–Kier alpha value is -1.36. The SMILES string of the molecule is CCCCCCCC1CCC(CCC(Cc2ccc(C#N)c(F)c2)C2CCCCC2)CC1. The minimum absolute atomic E-state index is 0.171. The zero-order chi connectivity index (χ0) is 22.6. The molecule has 2 fully saturated rings. The van der Waals surface area contributed by atoms with Crippen molar-refractivity contribution in [1.82, 2.24) is 0 Å². The van der Waals surface area contributed by atoms with Gasteiger partial charge in [0.15, 0.2) is 0 Å². The van der Waals surface area contributed by atoms with Crippen LogP contribution in [0.4, 0.5) is 4.39 Å². The van der Waals surface area contributed by atoms with Gasteiger partial charge in [-0.3, -0.25) is 0 Å². The van der Waals surface area contributed by atoms with Crippen LogP contribution in [0.2, 0.25) is 0 Å². The highest BCUT2D eigenvalue weighted by atomic mass is 19.1.